The molecule has 0 atom stereocenters. The van der Waals surface area contributed by atoms with Crippen LogP contribution in [0.15, 0.2) is 36.9 Å². The van der Waals surface area contributed by atoms with Gasteiger partial charge in [0.05, 0.1) is 7.11 Å². The number of hydrogen-bond acceptors (Lipinski definition) is 3. The number of phenolic OH excluding ortho intramolecular Hbond substituents is 1. The lowest BCUT2D eigenvalue weighted by molar-refractivity contribution is -0.104. The largest absolute Gasteiger partial charge is 0.504 e. The van der Waals surface area contributed by atoms with Crippen LogP contribution in [0.3, 0.4) is 0 Å². The highest BCUT2D eigenvalue weighted by Crippen LogP contribution is 2.22. The zero-order valence-corrected chi connectivity index (χ0v) is 7.43. The molecule has 13 heavy (non-hydrogen) atoms. The fourth-order valence-electron chi connectivity index (χ4n) is 0.630. The Balaban J connectivity index is 0.000000310. The molecule has 70 valence electrons. The molecular formula is C10H12O3. The zero-order chi connectivity index (χ0) is 10.1. The molecule has 1 aromatic carbocycles. The summed E-state index contributed by atoms with van der Waals surface area (Å²) in [6.07, 6.45) is 1.83. The van der Waals surface area contributed by atoms with Crippen LogP contribution in [0.2, 0.25) is 0 Å². The third-order valence-corrected chi connectivity index (χ3v) is 1.18. The van der Waals surface area contributed by atoms with Crippen LogP contribution in [-0.2, 0) is 4.79 Å². The Morgan fingerprint density at radius 1 is 1.46 bits per heavy atom. The van der Waals surface area contributed by atoms with Gasteiger partial charge in [-0.1, -0.05) is 18.7 Å². The summed E-state index contributed by atoms with van der Waals surface area (Å²) in [6, 6.07) is 6.84. The van der Waals surface area contributed by atoms with Gasteiger partial charge in [0.1, 0.15) is 6.29 Å². The summed E-state index contributed by atoms with van der Waals surface area (Å²) in [6.45, 7) is 3.11. The molecule has 0 aliphatic rings. The number of para-hydroxylation sites is 2. The molecule has 3 nitrogen and oxygen atoms in total. The van der Waals surface area contributed by atoms with E-state index in [0.717, 1.165) is 0 Å². The van der Waals surface area contributed by atoms with Crippen LogP contribution in [0.1, 0.15) is 0 Å². The standard InChI is InChI=1S/C7H8O2.C3H4O/c1-9-7-5-3-2-4-6(7)8;1-2-3-4/h2-5,8H,1H3;2-3H,1H2. The normalized spacial score (nSPS) is 7.77. The van der Waals surface area contributed by atoms with Crippen LogP contribution < -0.4 is 4.74 Å². The van der Waals surface area contributed by atoms with E-state index in [1.165, 1.54) is 13.2 Å². The molecule has 0 saturated carbocycles. The third kappa shape index (κ3) is 4.63. The average molecular weight is 180 g/mol. The van der Waals surface area contributed by atoms with E-state index in [1.54, 1.807) is 24.3 Å². The Hall–Kier alpha value is -1.77. The summed E-state index contributed by atoms with van der Waals surface area (Å²) in [5, 5.41) is 8.99. The van der Waals surface area contributed by atoms with Crippen LogP contribution in [-0.4, -0.2) is 18.5 Å². The first-order valence-electron chi connectivity index (χ1n) is 3.64. The fraction of sp³-hybridized carbons (Fsp3) is 0.100. The zero-order valence-electron chi connectivity index (χ0n) is 7.43. The van der Waals surface area contributed by atoms with E-state index in [1.807, 2.05) is 0 Å². The molecular weight excluding hydrogens is 168 g/mol. The number of methoxy groups -OCH3 is 1. The van der Waals surface area contributed by atoms with Gasteiger partial charge in [-0.3, -0.25) is 4.79 Å². The molecule has 0 saturated heterocycles. The van der Waals surface area contributed by atoms with Gasteiger partial charge in [0, 0.05) is 0 Å². The van der Waals surface area contributed by atoms with Gasteiger partial charge >= 0.3 is 0 Å². The number of benzene rings is 1. The number of aldehydes is 1. The number of rotatable bonds is 2. The van der Waals surface area contributed by atoms with E-state index in [-0.39, 0.29) is 5.75 Å². The van der Waals surface area contributed by atoms with Crippen LogP contribution >= 0.6 is 0 Å². The average Bonchev–Trinajstić information content (AvgIpc) is 2.19. The molecule has 0 aliphatic heterocycles. The van der Waals surface area contributed by atoms with Crippen molar-refractivity contribution in [1.82, 2.24) is 0 Å². The van der Waals surface area contributed by atoms with Gasteiger partial charge in [-0.2, -0.15) is 0 Å². The predicted molar refractivity (Wildman–Crippen MR) is 50.9 cm³/mol. The monoisotopic (exact) mass is 180 g/mol. The van der Waals surface area contributed by atoms with E-state index in [4.69, 9.17) is 14.6 Å². The number of ether oxygens (including phenoxy) is 1. The van der Waals surface area contributed by atoms with Crippen molar-refractivity contribution in [2.45, 2.75) is 0 Å². The van der Waals surface area contributed by atoms with Crippen molar-refractivity contribution >= 4 is 6.29 Å². The molecule has 1 N–H and O–H groups in total. The number of phenols is 1. The summed E-state index contributed by atoms with van der Waals surface area (Å²) >= 11 is 0. The Kier molecular flexibility index (Phi) is 5.97. The summed E-state index contributed by atoms with van der Waals surface area (Å²) in [5.74, 6) is 0.692. The molecule has 0 aliphatic carbocycles. The van der Waals surface area contributed by atoms with Crippen molar-refractivity contribution in [2.24, 2.45) is 0 Å². The van der Waals surface area contributed by atoms with E-state index in [2.05, 4.69) is 6.58 Å². The van der Waals surface area contributed by atoms with Gasteiger partial charge in [0.2, 0.25) is 0 Å². The summed E-state index contributed by atoms with van der Waals surface area (Å²) in [5.41, 5.74) is 0. The molecule has 0 unspecified atom stereocenters. The summed E-state index contributed by atoms with van der Waals surface area (Å²) in [4.78, 5) is 9.06. The molecule has 1 aromatic rings. The second kappa shape index (κ2) is 6.91. The molecule has 0 radical (unpaired) electrons. The topological polar surface area (TPSA) is 46.5 Å². The SMILES string of the molecule is C=CC=O.COc1ccccc1O. The van der Waals surface area contributed by atoms with E-state index < -0.39 is 0 Å². The van der Waals surface area contributed by atoms with Crippen molar-refractivity contribution in [3.63, 3.8) is 0 Å². The van der Waals surface area contributed by atoms with Crippen LogP contribution in [0, 0.1) is 0 Å². The fourth-order valence-corrected chi connectivity index (χ4v) is 0.630. The predicted octanol–water partition coefficient (Wildman–Crippen LogP) is 1.77. The lowest BCUT2D eigenvalue weighted by Crippen LogP contribution is -1.80. The quantitative estimate of drug-likeness (QED) is 0.557. The van der Waals surface area contributed by atoms with Crippen molar-refractivity contribution in [3.05, 3.63) is 36.9 Å². The number of aromatic hydroxyl groups is 1. The molecule has 0 spiro atoms. The van der Waals surface area contributed by atoms with Gasteiger partial charge in [0.25, 0.3) is 0 Å². The molecule has 0 bridgehead atoms. The lowest BCUT2D eigenvalue weighted by Gasteiger charge is -1.99. The minimum atomic E-state index is 0.181. The van der Waals surface area contributed by atoms with Gasteiger partial charge < -0.3 is 9.84 Å². The number of allylic oxidation sites excluding steroid dienone is 1. The van der Waals surface area contributed by atoms with Crippen molar-refractivity contribution in [3.8, 4) is 11.5 Å². The lowest BCUT2D eigenvalue weighted by atomic mass is 10.3. The third-order valence-electron chi connectivity index (χ3n) is 1.18. The van der Waals surface area contributed by atoms with Gasteiger partial charge in [0.15, 0.2) is 11.5 Å². The van der Waals surface area contributed by atoms with Crippen molar-refractivity contribution < 1.29 is 14.6 Å². The smallest absolute Gasteiger partial charge is 0.160 e. The maximum absolute atomic E-state index is 9.06. The summed E-state index contributed by atoms with van der Waals surface area (Å²) < 4.78 is 4.79. The Morgan fingerprint density at radius 3 is 2.31 bits per heavy atom. The first-order valence-corrected chi connectivity index (χ1v) is 3.64. The maximum Gasteiger partial charge on any atom is 0.160 e. The Morgan fingerprint density at radius 2 is 2.00 bits per heavy atom. The van der Waals surface area contributed by atoms with E-state index in [0.29, 0.717) is 12.0 Å². The van der Waals surface area contributed by atoms with E-state index >= 15 is 0 Å². The minimum Gasteiger partial charge on any atom is -0.504 e. The van der Waals surface area contributed by atoms with Crippen molar-refractivity contribution in [1.29, 1.82) is 0 Å². The van der Waals surface area contributed by atoms with Crippen LogP contribution in [0.25, 0.3) is 0 Å². The van der Waals surface area contributed by atoms with Crippen LogP contribution in [0.5, 0.6) is 11.5 Å². The second-order valence-electron chi connectivity index (χ2n) is 2.04. The first kappa shape index (κ1) is 11.2. The molecule has 0 aromatic heterocycles. The molecule has 3 heteroatoms. The molecule has 0 fully saturated rings. The molecule has 1 rings (SSSR count). The number of carbonyl (C=O) groups excluding carboxylic acids is 1. The van der Waals surface area contributed by atoms with Gasteiger partial charge in [-0.25, -0.2) is 0 Å². The highest BCUT2D eigenvalue weighted by atomic mass is 16.5. The molecule has 0 heterocycles. The highest BCUT2D eigenvalue weighted by molar-refractivity contribution is 5.63. The minimum absolute atomic E-state index is 0.181. The Bertz CT molecular complexity index is 263. The molecule has 0 amide bonds. The maximum atomic E-state index is 9.06. The van der Waals surface area contributed by atoms with E-state index in [9.17, 15) is 0 Å². The van der Waals surface area contributed by atoms with Gasteiger partial charge in [-0.15, -0.1) is 0 Å². The van der Waals surface area contributed by atoms with Gasteiger partial charge in [-0.05, 0) is 18.2 Å². The first-order chi connectivity index (χ1) is 6.26. The number of hydrogen-bond donors (Lipinski definition) is 1. The van der Waals surface area contributed by atoms with Crippen LogP contribution in [0.4, 0.5) is 0 Å². The summed E-state index contributed by atoms with van der Waals surface area (Å²) in [7, 11) is 1.52. The van der Waals surface area contributed by atoms with Crippen molar-refractivity contribution in [2.75, 3.05) is 7.11 Å². The second-order valence-corrected chi connectivity index (χ2v) is 2.04. The number of carbonyl (C=O) groups is 1. The highest BCUT2D eigenvalue weighted by Gasteiger charge is 1.94. The Labute approximate surface area is 77.3 Å².